The molecule has 0 amide bonds. The minimum Gasteiger partial charge on any atom is -0.321 e. The van der Waals surface area contributed by atoms with Gasteiger partial charge < -0.3 is 5.73 Å². The summed E-state index contributed by atoms with van der Waals surface area (Å²) in [6, 6.07) is 6.21. The maximum absolute atomic E-state index is 13.1. The molecule has 0 radical (unpaired) electrons. The summed E-state index contributed by atoms with van der Waals surface area (Å²) in [4.78, 5) is 8.39. The van der Waals surface area contributed by atoms with E-state index in [4.69, 9.17) is 5.73 Å². The van der Waals surface area contributed by atoms with Gasteiger partial charge in [-0.3, -0.25) is 0 Å². The van der Waals surface area contributed by atoms with Crippen LogP contribution in [-0.2, 0) is 0 Å². The predicted octanol–water partition coefficient (Wildman–Crippen LogP) is 2.69. The van der Waals surface area contributed by atoms with Crippen molar-refractivity contribution < 1.29 is 4.39 Å². The Kier molecular flexibility index (Phi) is 3.44. The molecule has 1 atom stereocenters. The summed E-state index contributed by atoms with van der Waals surface area (Å²) in [5.74, 6) is 0.351. The van der Waals surface area contributed by atoms with E-state index < -0.39 is 0 Å². The third kappa shape index (κ3) is 2.65. The van der Waals surface area contributed by atoms with Gasteiger partial charge in [0.05, 0.1) is 6.04 Å². The molecular weight excluding hydrogens is 217 g/mol. The van der Waals surface area contributed by atoms with Crippen molar-refractivity contribution >= 4 is 0 Å². The second kappa shape index (κ2) is 5.01. The van der Waals surface area contributed by atoms with Gasteiger partial charge in [0.2, 0.25) is 0 Å². The average molecular weight is 231 g/mol. The highest BCUT2D eigenvalue weighted by Crippen LogP contribution is 2.19. The molecule has 0 saturated carbocycles. The molecule has 0 fully saturated rings. The molecule has 0 saturated heterocycles. The summed E-state index contributed by atoms with van der Waals surface area (Å²) in [7, 11) is 0. The van der Waals surface area contributed by atoms with Crippen molar-refractivity contribution in [3.05, 3.63) is 48.3 Å². The van der Waals surface area contributed by atoms with Gasteiger partial charge in [-0.1, -0.05) is 19.1 Å². The molecule has 3 nitrogen and oxygen atoms in total. The molecular formula is C13H14FN3. The number of nitrogens with zero attached hydrogens (tertiary/aromatic N) is 2. The Morgan fingerprint density at radius 1 is 1.24 bits per heavy atom. The highest BCUT2D eigenvalue weighted by molar-refractivity contribution is 5.61. The molecule has 0 aliphatic heterocycles. The molecule has 1 aromatic carbocycles. The maximum Gasteiger partial charge on any atom is 0.144 e. The second-order valence-electron chi connectivity index (χ2n) is 3.86. The van der Waals surface area contributed by atoms with Gasteiger partial charge in [-0.05, 0) is 24.1 Å². The fraction of sp³-hybridized carbons (Fsp3) is 0.231. The largest absolute Gasteiger partial charge is 0.321 e. The Labute approximate surface area is 99.5 Å². The van der Waals surface area contributed by atoms with Crippen molar-refractivity contribution in [1.29, 1.82) is 0 Å². The summed E-state index contributed by atoms with van der Waals surface area (Å²) >= 11 is 0. The van der Waals surface area contributed by atoms with Crippen LogP contribution in [0, 0.1) is 5.82 Å². The molecule has 88 valence electrons. The summed E-state index contributed by atoms with van der Waals surface area (Å²) in [6.07, 6.45) is 4.14. The molecule has 1 heterocycles. The van der Waals surface area contributed by atoms with E-state index in [1.54, 1.807) is 18.5 Å². The van der Waals surface area contributed by atoms with E-state index in [0.717, 1.165) is 17.5 Å². The lowest BCUT2D eigenvalue weighted by Crippen LogP contribution is -2.12. The lowest BCUT2D eigenvalue weighted by atomic mass is 10.1. The molecule has 1 unspecified atom stereocenters. The van der Waals surface area contributed by atoms with Crippen molar-refractivity contribution in [3.63, 3.8) is 0 Å². The number of nitrogens with two attached hydrogens (primary N) is 1. The van der Waals surface area contributed by atoms with Crippen LogP contribution in [0.3, 0.4) is 0 Å². The third-order valence-corrected chi connectivity index (χ3v) is 2.60. The van der Waals surface area contributed by atoms with Gasteiger partial charge in [-0.15, -0.1) is 0 Å². The van der Waals surface area contributed by atoms with Crippen LogP contribution >= 0.6 is 0 Å². The second-order valence-corrected chi connectivity index (χ2v) is 3.86. The first-order valence-electron chi connectivity index (χ1n) is 5.54. The van der Waals surface area contributed by atoms with E-state index in [0.29, 0.717) is 5.82 Å². The van der Waals surface area contributed by atoms with E-state index >= 15 is 0 Å². The van der Waals surface area contributed by atoms with E-state index in [-0.39, 0.29) is 11.9 Å². The molecule has 1 aromatic heterocycles. The first kappa shape index (κ1) is 11.7. The predicted molar refractivity (Wildman–Crippen MR) is 64.6 cm³/mol. The zero-order chi connectivity index (χ0) is 12.3. The number of hydrogen-bond acceptors (Lipinski definition) is 3. The molecule has 0 spiro atoms. The quantitative estimate of drug-likeness (QED) is 0.883. The first-order valence-corrected chi connectivity index (χ1v) is 5.54. The molecule has 0 aliphatic carbocycles. The van der Waals surface area contributed by atoms with Gasteiger partial charge in [-0.2, -0.15) is 0 Å². The molecule has 0 aliphatic rings. The zero-order valence-electron chi connectivity index (χ0n) is 9.60. The number of benzene rings is 1. The lowest BCUT2D eigenvalue weighted by molar-refractivity contribution is 0.628. The Bertz CT molecular complexity index is 496. The van der Waals surface area contributed by atoms with Gasteiger partial charge in [-0.25, -0.2) is 14.4 Å². The van der Waals surface area contributed by atoms with Gasteiger partial charge in [0.1, 0.15) is 11.6 Å². The van der Waals surface area contributed by atoms with E-state index in [1.165, 1.54) is 12.1 Å². The molecule has 2 aromatic rings. The van der Waals surface area contributed by atoms with Crippen molar-refractivity contribution in [3.8, 4) is 11.1 Å². The van der Waals surface area contributed by atoms with Crippen LogP contribution in [0.25, 0.3) is 11.1 Å². The van der Waals surface area contributed by atoms with Crippen molar-refractivity contribution in [2.45, 2.75) is 19.4 Å². The van der Waals surface area contributed by atoms with Gasteiger partial charge in [0.15, 0.2) is 0 Å². The number of rotatable bonds is 3. The number of hydrogen-bond donors (Lipinski definition) is 1. The van der Waals surface area contributed by atoms with E-state index in [2.05, 4.69) is 9.97 Å². The fourth-order valence-corrected chi connectivity index (χ4v) is 1.53. The number of halogens is 1. The Morgan fingerprint density at radius 2 is 1.94 bits per heavy atom. The third-order valence-electron chi connectivity index (χ3n) is 2.60. The van der Waals surface area contributed by atoms with Crippen LogP contribution in [0.4, 0.5) is 4.39 Å². The maximum atomic E-state index is 13.1. The van der Waals surface area contributed by atoms with Crippen molar-refractivity contribution in [2.24, 2.45) is 5.73 Å². The minimum atomic E-state index is -0.267. The molecule has 2 rings (SSSR count). The molecule has 4 heteroatoms. The van der Waals surface area contributed by atoms with Crippen LogP contribution in [0.2, 0.25) is 0 Å². The summed E-state index contributed by atoms with van der Waals surface area (Å²) < 4.78 is 13.1. The summed E-state index contributed by atoms with van der Waals surface area (Å²) in [5, 5.41) is 0. The summed E-state index contributed by atoms with van der Waals surface area (Å²) in [5.41, 5.74) is 7.38. The molecule has 17 heavy (non-hydrogen) atoms. The zero-order valence-corrected chi connectivity index (χ0v) is 9.60. The normalized spacial score (nSPS) is 12.4. The Hall–Kier alpha value is -1.81. The smallest absolute Gasteiger partial charge is 0.144 e. The van der Waals surface area contributed by atoms with E-state index in [9.17, 15) is 4.39 Å². The van der Waals surface area contributed by atoms with Crippen molar-refractivity contribution in [1.82, 2.24) is 9.97 Å². The van der Waals surface area contributed by atoms with Gasteiger partial charge in [0, 0.05) is 18.0 Å². The van der Waals surface area contributed by atoms with Crippen LogP contribution < -0.4 is 5.73 Å². The monoisotopic (exact) mass is 231 g/mol. The molecule has 0 bridgehead atoms. The van der Waals surface area contributed by atoms with Crippen molar-refractivity contribution in [2.75, 3.05) is 0 Å². The van der Waals surface area contributed by atoms with E-state index in [1.807, 2.05) is 13.0 Å². The Balaban J connectivity index is 2.29. The van der Waals surface area contributed by atoms with Crippen LogP contribution in [0.1, 0.15) is 25.2 Å². The summed E-state index contributed by atoms with van der Waals surface area (Å²) in [6.45, 7) is 1.98. The highest BCUT2D eigenvalue weighted by Gasteiger charge is 2.07. The average Bonchev–Trinajstić information content (AvgIpc) is 2.38. The van der Waals surface area contributed by atoms with Crippen LogP contribution in [0.5, 0.6) is 0 Å². The molecule has 2 N–H and O–H groups in total. The SMILES string of the molecule is CCC(N)c1ncc(-c2cccc(F)c2)cn1. The highest BCUT2D eigenvalue weighted by atomic mass is 19.1. The standard InChI is InChI=1S/C13H14FN3/c1-2-12(15)13-16-7-10(8-17-13)9-4-3-5-11(14)6-9/h3-8,12H,2,15H2,1H3. The topological polar surface area (TPSA) is 51.8 Å². The van der Waals surface area contributed by atoms with Crippen LogP contribution in [-0.4, -0.2) is 9.97 Å². The first-order chi connectivity index (χ1) is 8.20. The number of aromatic nitrogens is 2. The minimum absolute atomic E-state index is 0.142. The van der Waals surface area contributed by atoms with Gasteiger partial charge >= 0.3 is 0 Å². The Morgan fingerprint density at radius 3 is 2.53 bits per heavy atom. The fourth-order valence-electron chi connectivity index (χ4n) is 1.53. The lowest BCUT2D eigenvalue weighted by Gasteiger charge is -2.07. The van der Waals surface area contributed by atoms with Crippen LogP contribution in [0.15, 0.2) is 36.7 Å². The van der Waals surface area contributed by atoms with Gasteiger partial charge in [0.25, 0.3) is 0 Å².